The van der Waals surface area contributed by atoms with Crippen molar-refractivity contribution in [2.75, 3.05) is 13.7 Å². The van der Waals surface area contributed by atoms with Crippen LogP contribution in [-0.4, -0.2) is 42.9 Å². The van der Waals surface area contributed by atoms with Crippen LogP contribution in [0.15, 0.2) is 6.07 Å². The Bertz CT molecular complexity index is 577. The first-order valence-corrected chi connectivity index (χ1v) is 8.20. The Morgan fingerprint density at radius 2 is 1.81 bits per heavy atom. The molecule has 0 aliphatic heterocycles. The second-order valence-electron chi connectivity index (χ2n) is 6.58. The van der Waals surface area contributed by atoms with Crippen LogP contribution >= 0.6 is 0 Å². The average molecular weight is 379 g/mol. The van der Waals surface area contributed by atoms with Crippen LogP contribution in [0.4, 0.5) is 13.2 Å². The molecule has 1 aromatic carbocycles. The molecule has 1 aromatic rings. The predicted molar refractivity (Wildman–Crippen MR) is 92.6 cm³/mol. The Morgan fingerprint density at radius 1 is 1.27 bits per heavy atom. The Labute approximate surface area is 152 Å². The minimum atomic E-state index is -1.37. The largest absolute Gasteiger partial charge is 0.487 e. The van der Waals surface area contributed by atoms with Crippen molar-refractivity contribution in [2.45, 2.75) is 58.3 Å². The number of rotatable bonds is 7. The first-order valence-electron chi connectivity index (χ1n) is 8.20. The Hall–Kier alpha value is -1.64. The van der Waals surface area contributed by atoms with Crippen molar-refractivity contribution < 1.29 is 32.5 Å². The lowest BCUT2D eigenvalue weighted by Gasteiger charge is -2.19. The zero-order valence-corrected chi connectivity index (χ0v) is 15.8. The number of halogens is 3. The van der Waals surface area contributed by atoms with E-state index in [9.17, 15) is 23.1 Å². The fraction of sp³-hybridized carbons (Fsp3) is 0.611. The fourth-order valence-electron chi connectivity index (χ4n) is 1.65. The van der Waals surface area contributed by atoms with Crippen LogP contribution in [0.1, 0.15) is 39.7 Å². The molecule has 150 valence electrons. The van der Waals surface area contributed by atoms with Crippen molar-refractivity contribution in [3.63, 3.8) is 0 Å². The SMILES string of the molecule is CCc1c(F)cc(F)c(F)c1OCC(O)C(N)CC=O.COC(C)(C)C. The number of hydrogen-bond donors (Lipinski definition) is 2. The molecule has 0 aromatic heterocycles. The topological polar surface area (TPSA) is 81.8 Å². The Kier molecular flexibility index (Phi) is 10.4. The molecule has 0 bridgehead atoms. The van der Waals surface area contributed by atoms with Gasteiger partial charge >= 0.3 is 0 Å². The van der Waals surface area contributed by atoms with E-state index in [2.05, 4.69) is 0 Å². The maximum atomic E-state index is 13.6. The van der Waals surface area contributed by atoms with Crippen molar-refractivity contribution in [2.24, 2.45) is 5.73 Å². The Morgan fingerprint density at radius 3 is 2.23 bits per heavy atom. The first-order chi connectivity index (χ1) is 12.0. The molecule has 0 spiro atoms. The van der Waals surface area contributed by atoms with Gasteiger partial charge in [-0.3, -0.25) is 0 Å². The lowest BCUT2D eigenvalue weighted by molar-refractivity contribution is -0.108. The van der Waals surface area contributed by atoms with E-state index in [4.69, 9.17) is 15.2 Å². The molecule has 0 amide bonds. The summed E-state index contributed by atoms with van der Waals surface area (Å²) < 4.78 is 50.1. The maximum absolute atomic E-state index is 13.6. The zero-order valence-electron chi connectivity index (χ0n) is 15.8. The zero-order chi connectivity index (χ0) is 20.5. The van der Waals surface area contributed by atoms with E-state index in [1.165, 1.54) is 0 Å². The number of ether oxygens (including phenoxy) is 2. The number of hydrogen-bond acceptors (Lipinski definition) is 5. The number of benzene rings is 1. The summed E-state index contributed by atoms with van der Waals surface area (Å²) in [6.07, 6.45) is -0.746. The second kappa shape index (κ2) is 11.2. The van der Waals surface area contributed by atoms with Gasteiger partial charge in [0.25, 0.3) is 0 Å². The molecule has 0 fully saturated rings. The van der Waals surface area contributed by atoms with Crippen LogP contribution < -0.4 is 10.5 Å². The van der Waals surface area contributed by atoms with Gasteiger partial charge in [0.2, 0.25) is 5.82 Å². The maximum Gasteiger partial charge on any atom is 0.201 e. The van der Waals surface area contributed by atoms with Gasteiger partial charge in [0.1, 0.15) is 24.8 Å². The molecular formula is C18H28F3NO4. The van der Waals surface area contributed by atoms with Crippen molar-refractivity contribution in [3.8, 4) is 5.75 Å². The summed E-state index contributed by atoms with van der Waals surface area (Å²) in [6.45, 7) is 7.14. The predicted octanol–water partition coefficient (Wildman–Crippen LogP) is 2.75. The minimum Gasteiger partial charge on any atom is -0.487 e. The summed E-state index contributed by atoms with van der Waals surface area (Å²) in [5, 5.41) is 9.58. The van der Waals surface area contributed by atoms with E-state index >= 15 is 0 Å². The van der Waals surface area contributed by atoms with Gasteiger partial charge in [0, 0.05) is 31.2 Å². The molecule has 3 N–H and O–H groups in total. The quantitative estimate of drug-likeness (QED) is 0.562. The van der Waals surface area contributed by atoms with E-state index in [0.717, 1.165) is 0 Å². The van der Waals surface area contributed by atoms with Crippen molar-refractivity contribution in [1.29, 1.82) is 0 Å². The van der Waals surface area contributed by atoms with Gasteiger partial charge in [-0.15, -0.1) is 0 Å². The number of carbonyl (C=O) groups excluding carboxylic acids is 1. The smallest absolute Gasteiger partial charge is 0.201 e. The van der Waals surface area contributed by atoms with Gasteiger partial charge in [-0.1, -0.05) is 6.92 Å². The molecule has 0 saturated carbocycles. The molecule has 2 atom stereocenters. The molecule has 1 rings (SSSR count). The molecule has 0 heterocycles. The summed E-state index contributed by atoms with van der Waals surface area (Å²) in [4.78, 5) is 10.2. The summed E-state index contributed by atoms with van der Waals surface area (Å²) >= 11 is 0. The molecule has 8 heteroatoms. The molecule has 2 unspecified atom stereocenters. The number of carbonyl (C=O) groups is 1. The van der Waals surface area contributed by atoms with Gasteiger partial charge in [0.15, 0.2) is 11.6 Å². The number of methoxy groups -OCH3 is 1. The van der Waals surface area contributed by atoms with Gasteiger partial charge < -0.3 is 25.1 Å². The summed E-state index contributed by atoms with van der Waals surface area (Å²) in [7, 11) is 1.71. The fourth-order valence-corrected chi connectivity index (χ4v) is 1.65. The Balaban J connectivity index is 0.000000896. The second-order valence-corrected chi connectivity index (χ2v) is 6.58. The van der Waals surface area contributed by atoms with Crippen LogP contribution in [0.3, 0.4) is 0 Å². The third kappa shape index (κ3) is 8.16. The third-order valence-corrected chi connectivity index (χ3v) is 3.45. The summed E-state index contributed by atoms with van der Waals surface area (Å²) in [5.74, 6) is -4.20. The van der Waals surface area contributed by atoms with Crippen molar-refractivity contribution in [3.05, 3.63) is 29.1 Å². The third-order valence-electron chi connectivity index (χ3n) is 3.45. The van der Waals surface area contributed by atoms with E-state index in [1.807, 2.05) is 20.8 Å². The molecule has 0 saturated heterocycles. The standard InChI is InChI=1S/C13H16F3NO3.C5H12O/c1-2-7-8(14)5-9(15)12(16)13(7)20-6-11(19)10(17)3-4-18;1-5(2,3)6-4/h4-5,10-11,19H,2-3,6,17H2,1H3;1-4H3. The first kappa shape index (κ1) is 24.4. The van der Waals surface area contributed by atoms with Gasteiger partial charge in [0.05, 0.1) is 5.60 Å². The highest BCUT2D eigenvalue weighted by Crippen LogP contribution is 2.28. The molecule has 0 aliphatic rings. The number of aliphatic hydroxyl groups excluding tert-OH is 1. The lowest BCUT2D eigenvalue weighted by atomic mass is 10.1. The van der Waals surface area contributed by atoms with E-state index < -0.39 is 42.0 Å². The molecule has 0 aliphatic carbocycles. The van der Waals surface area contributed by atoms with Crippen LogP contribution in [0, 0.1) is 17.5 Å². The number of aliphatic hydroxyl groups is 1. The highest BCUT2D eigenvalue weighted by molar-refractivity contribution is 5.50. The van der Waals surface area contributed by atoms with E-state index in [0.29, 0.717) is 12.4 Å². The highest BCUT2D eigenvalue weighted by atomic mass is 19.2. The number of nitrogens with two attached hydrogens (primary N) is 1. The van der Waals surface area contributed by atoms with Gasteiger partial charge in [-0.2, -0.15) is 4.39 Å². The van der Waals surface area contributed by atoms with Crippen molar-refractivity contribution in [1.82, 2.24) is 0 Å². The minimum absolute atomic E-state index is 0.0417. The van der Waals surface area contributed by atoms with E-state index in [1.54, 1.807) is 14.0 Å². The summed E-state index contributed by atoms with van der Waals surface area (Å²) in [5.41, 5.74) is 5.37. The van der Waals surface area contributed by atoms with Gasteiger partial charge in [-0.25, -0.2) is 8.78 Å². The number of aldehydes is 1. The lowest BCUT2D eigenvalue weighted by Crippen LogP contribution is -2.39. The average Bonchev–Trinajstić information content (AvgIpc) is 2.56. The van der Waals surface area contributed by atoms with Crippen LogP contribution in [-0.2, 0) is 16.0 Å². The summed E-state index contributed by atoms with van der Waals surface area (Å²) in [6, 6.07) is -0.450. The molecule has 26 heavy (non-hydrogen) atoms. The monoisotopic (exact) mass is 379 g/mol. The van der Waals surface area contributed by atoms with Gasteiger partial charge in [-0.05, 0) is 27.2 Å². The molecule has 5 nitrogen and oxygen atoms in total. The normalized spacial score (nSPS) is 13.5. The molecule has 0 radical (unpaired) electrons. The highest BCUT2D eigenvalue weighted by Gasteiger charge is 2.21. The van der Waals surface area contributed by atoms with E-state index in [-0.39, 0.29) is 24.0 Å². The van der Waals surface area contributed by atoms with Crippen LogP contribution in [0.5, 0.6) is 5.75 Å². The van der Waals surface area contributed by atoms with Crippen LogP contribution in [0.25, 0.3) is 0 Å². The van der Waals surface area contributed by atoms with Crippen molar-refractivity contribution >= 4 is 6.29 Å². The molecular weight excluding hydrogens is 351 g/mol. The van der Waals surface area contributed by atoms with Crippen LogP contribution in [0.2, 0.25) is 0 Å².